The van der Waals surface area contributed by atoms with Gasteiger partial charge in [-0.15, -0.1) is 0 Å². The lowest BCUT2D eigenvalue weighted by Gasteiger charge is -2.08. The summed E-state index contributed by atoms with van der Waals surface area (Å²) in [6.07, 6.45) is 0. The molecule has 1 aromatic heterocycles. The molecule has 102 valence electrons. The molecular weight excluding hydrogens is 262 g/mol. The molecule has 0 aliphatic rings. The van der Waals surface area contributed by atoms with Crippen LogP contribution in [0.3, 0.4) is 0 Å². The van der Waals surface area contributed by atoms with E-state index < -0.39 is 0 Å². The van der Waals surface area contributed by atoms with Gasteiger partial charge < -0.3 is 5.73 Å². The Kier molecular flexibility index (Phi) is 5.57. The van der Waals surface area contributed by atoms with E-state index in [2.05, 4.69) is 5.10 Å². The van der Waals surface area contributed by atoms with Crippen molar-refractivity contribution in [2.24, 2.45) is 0 Å². The Morgan fingerprint density at radius 1 is 1.26 bits per heavy atom. The van der Waals surface area contributed by atoms with E-state index in [0.29, 0.717) is 12.1 Å². The number of benzene rings is 1. The molecule has 0 amide bonds. The first-order valence-electron chi connectivity index (χ1n) is 6.16. The van der Waals surface area contributed by atoms with Crippen molar-refractivity contribution in [1.82, 2.24) is 9.78 Å². The topological polar surface area (TPSA) is 60.9 Å². The third-order valence-electron chi connectivity index (χ3n) is 2.56. The first kappa shape index (κ1) is 15.2. The molecule has 0 atom stereocenters. The molecule has 2 N–H and O–H groups in total. The summed E-state index contributed by atoms with van der Waals surface area (Å²) in [6.45, 7) is 6.04. The molecule has 0 saturated carbocycles. The summed E-state index contributed by atoms with van der Waals surface area (Å²) in [4.78, 5) is 11.9. The Hall–Kier alpha value is -1.81. The standard InChI is InChI=1S/C12H12ClN3O.C2H6/c1-8-10(14)12(17)16(15-11(8)13)7-9-5-3-2-4-6-9;1-2/h2-6H,7,14H2,1H3;1-2H3. The van der Waals surface area contributed by atoms with Crippen molar-refractivity contribution in [2.75, 3.05) is 5.73 Å². The van der Waals surface area contributed by atoms with Gasteiger partial charge in [-0.1, -0.05) is 55.8 Å². The summed E-state index contributed by atoms with van der Waals surface area (Å²) in [6, 6.07) is 9.55. The van der Waals surface area contributed by atoms with Crippen molar-refractivity contribution in [3.63, 3.8) is 0 Å². The first-order chi connectivity index (χ1) is 9.09. The predicted molar refractivity (Wildman–Crippen MR) is 79.5 cm³/mol. The molecule has 0 bridgehead atoms. The Balaban J connectivity index is 0.000000861. The highest BCUT2D eigenvalue weighted by molar-refractivity contribution is 6.30. The first-order valence-corrected chi connectivity index (χ1v) is 6.54. The SMILES string of the molecule is CC.Cc1c(Cl)nn(Cc2ccccc2)c(=O)c1N. The zero-order valence-electron chi connectivity index (χ0n) is 11.4. The van der Waals surface area contributed by atoms with Crippen LogP contribution in [0.5, 0.6) is 0 Å². The lowest BCUT2D eigenvalue weighted by molar-refractivity contribution is 0.639. The summed E-state index contributed by atoms with van der Waals surface area (Å²) < 4.78 is 1.28. The second kappa shape index (κ2) is 6.95. The summed E-state index contributed by atoms with van der Waals surface area (Å²) in [5.41, 5.74) is 7.03. The lowest BCUT2D eigenvalue weighted by atomic mass is 10.2. The molecule has 0 aliphatic heterocycles. The summed E-state index contributed by atoms with van der Waals surface area (Å²) >= 11 is 5.91. The summed E-state index contributed by atoms with van der Waals surface area (Å²) in [5, 5.41) is 4.28. The van der Waals surface area contributed by atoms with Crippen LogP contribution in [-0.2, 0) is 6.54 Å². The molecule has 4 nitrogen and oxygen atoms in total. The fraction of sp³-hybridized carbons (Fsp3) is 0.286. The van der Waals surface area contributed by atoms with E-state index in [0.717, 1.165) is 5.56 Å². The molecule has 0 spiro atoms. The average Bonchev–Trinajstić information content (AvgIpc) is 2.46. The number of hydrogen-bond donors (Lipinski definition) is 1. The van der Waals surface area contributed by atoms with Gasteiger partial charge in [-0.3, -0.25) is 4.79 Å². The Morgan fingerprint density at radius 2 is 1.84 bits per heavy atom. The van der Waals surface area contributed by atoms with Gasteiger partial charge in [0.1, 0.15) is 5.69 Å². The molecule has 0 radical (unpaired) electrons. The van der Waals surface area contributed by atoms with Gasteiger partial charge in [0.15, 0.2) is 5.15 Å². The van der Waals surface area contributed by atoms with E-state index in [1.807, 2.05) is 44.2 Å². The molecule has 2 rings (SSSR count). The van der Waals surface area contributed by atoms with E-state index in [-0.39, 0.29) is 16.4 Å². The van der Waals surface area contributed by atoms with Gasteiger partial charge in [0.25, 0.3) is 5.56 Å². The molecule has 0 saturated heterocycles. The van der Waals surface area contributed by atoms with E-state index in [1.165, 1.54) is 4.68 Å². The monoisotopic (exact) mass is 279 g/mol. The average molecular weight is 280 g/mol. The highest BCUT2D eigenvalue weighted by Crippen LogP contribution is 2.14. The number of nitrogen functional groups attached to an aromatic ring is 1. The highest BCUT2D eigenvalue weighted by Gasteiger charge is 2.09. The zero-order valence-corrected chi connectivity index (χ0v) is 12.1. The molecule has 0 fully saturated rings. The highest BCUT2D eigenvalue weighted by atomic mass is 35.5. The maximum absolute atomic E-state index is 11.9. The maximum atomic E-state index is 11.9. The minimum Gasteiger partial charge on any atom is -0.394 e. The summed E-state index contributed by atoms with van der Waals surface area (Å²) in [5.74, 6) is 0. The fourth-order valence-electron chi connectivity index (χ4n) is 1.50. The third-order valence-corrected chi connectivity index (χ3v) is 2.92. The summed E-state index contributed by atoms with van der Waals surface area (Å²) in [7, 11) is 0. The van der Waals surface area contributed by atoms with Gasteiger partial charge in [-0.25, -0.2) is 4.68 Å². The van der Waals surface area contributed by atoms with Crippen LogP contribution in [0.2, 0.25) is 5.15 Å². The van der Waals surface area contributed by atoms with E-state index in [9.17, 15) is 4.79 Å². The van der Waals surface area contributed by atoms with E-state index in [1.54, 1.807) is 6.92 Å². The van der Waals surface area contributed by atoms with Crippen LogP contribution in [-0.4, -0.2) is 9.78 Å². The second-order valence-corrected chi connectivity index (χ2v) is 4.14. The largest absolute Gasteiger partial charge is 0.394 e. The Labute approximate surface area is 117 Å². The fourth-order valence-corrected chi connectivity index (χ4v) is 1.69. The molecule has 19 heavy (non-hydrogen) atoms. The van der Waals surface area contributed by atoms with Crippen molar-refractivity contribution < 1.29 is 0 Å². The van der Waals surface area contributed by atoms with Crippen molar-refractivity contribution in [3.05, 3.63) is 57.0 Å². The number of nitrogens with two attached hydrogens (primary N) is 1. The molecule has 1 heterocycles. The van der Waals surface area contributed by atoms with Crippen LogP contribution < -0.4 is 11.3 Å². The number of rotatable bonds is 2. The molecule has 5 heteroatoms. The van der Waals surface area contributed by atoms with Crippen LogP contribution in [0, 0.1) is 6.92 Å². The third kappa shape index (κ3) is 3.58. The van der Waals surface area contributed by atoms with Gasteiger partial charge >= 0.3 is 0 Å². The number of aromatic nitrogens is 2. The van der Waals surface area contributed by atoms with Crippen molar-refractivity contribution in [3.8, 4) is 0 Å². The molecule has 0 aliphatic carbocycles. The maximum Gasteiger partial charge on any atom is 0.290 e. The van der Waals surface area contributed by atoms with Crippen LogP contribution >= 0.6 is 11.6 Å². The Morgan fingerprint density at radius 3 is 2.42 bits per heavy atom. The van der Waals surface area contributed by atoms with Crippen molar-refractivity contribution in [2.45, 2.75) is 27.3 Å². The normalized spacial score (nSPS) is 9.68. The van der Waals surface area contributed by atoms with Crippen molar-refractivity contribution in [1.29, 1.82) is 0 Å². The lowest BCUT2D eigenvalue weighted by Crippen LogP contribution is -2.27. The number of nitrogens with zero attached hydrogens (tertiary/aromatic N) is 2. The van der Waals surface area contributed by atoms with E-state index >= 15 is 0 Å². The zero-order chi connectivity index (χ0) is 14.4. The Bertz CT molecular complexity index is 594. The molecule has 0 unspecified atom stereocenters. The number of halogens is 1. The second-order valence-electron chi connectivity index (χ2n) is 3.78. The van der Waals surface area contributed by atoms with Gasteiger partial charge in [-0.2, -0.15) is 5.10 Å². The smallest absolute Gasteiger partial charge is 0.290 e. The quantitative estimate of drug-likeness (QED) is 0.919. The van der Waals surface area contributed by atoms with Crippen LogP contribution in [0.25, 0.3) is 0 Å². The van der Waals surface area contributed by atoms with Crippen LogP contribution in [0.15, 0.2) is 35.1 Å². The van der Waals surface area contributed by atoms with Gasteiger partial charge in [0.05, 0.1) is 6.54 Å². The minimum atomic E-state index is -0.309. The van der Waals surface area contributed by atoms with Crippen LogP contribution in [0.4, 0.5) is 5.69 Å². The molecular formula is C14H18ClN3O. The molecule has 1 aromatic carbocycles. The number of anilines is 1. The predicted octanol–water partition coefficient (Wildman–Crippen LogP) is 2.86. The van der Waals surface area contributed by atoms with Crippen LogP contribution in [0.1, 0.15) is 25.0 Å². The van der Waals surface area contributed by atoms with Crippen molar-refractivity contribution >= 4 is 17.3 Å². The number of hydrogen-bond acceptors (Lipinski definition) is 3. The van der Waals surface area contributed by atoms with Gasteiger partial charge in [0, 0.05) is 5.56 Å². The van der Waals surface area contributed by atoms with Gasteiger partial charge in [-0.05, 0) is 12.5 Å². The minimum absolute atomic E-state index is 0.154. The molecule has 2 aromatic rings. The van der Waals surface area contributed by atoms with Gasteiger partial charge in [0.2, 0.25) is 0 Å². The van der Waals surface area contributed by atoms with E-state index in [4.69, 9.17) is 17.3 Å².